The molecule has 0 bridgehead atoms. The largest absolute Gasteiger partial charge is 0.310 e. The zero-order valence-corrected chi connectivity index (χ0v) is 13.9. The first kappa shape index (κ1) is 15.1. The van der Waals surface area contributed by atoms with Gasteiger partial charge in [0.2, 0.25) is 0 Å². The Morgan fingerprint density at radius 1 is 1.14 bits per heavy atom. The van der Waals surface area contributed by atoms with E-state index in [1.807, 2.05) is 11.3 Å². The minimum Gasteiger partial charge on any atom is -0.310 e. The number of nitrogens with one attached hydrogen (secondary N) is 1. The Morgan fingerprint density at radius 2 is 1.95 bits per heavy atom. The summed E-state index contributed by atoms with van der Waals surface area (Å²) in [4.78, 5) is 0. The second kappa shape index (κ2) is 7.42. The number of rotatable bonds is 5. The van der Waals surface area contributed by atoms with Crippen LogP contribution in [0.1, 0.15) is 63.5 Å². The quantitative estimate of drug-likeness (QED) is 0.677. The third kappa shape index (κ3) is 3.67. The van der Waals surface area contributed by atoms with Gasteiger partial charge in [-0.2, -0.15) is 0 Å². The highest BCUT2D eigenvalue weighted by Crippen LogP contribution is 2.35. The highest BCUT2D eigenvalue weighted by molar-refractivity contribution is 7.17. The molecule has 0 saturated heterocycles. The maximum atomic E-state index is 3.76. The number of benzene rings is 1. The van der Waals surface area contributed by atoms with Crippen LogP contribution < -0.4 is 5.32 Å². The van der Waals surface area contributed by atoms with Gasteiger partial charge in [0.15, 0.2) is 0 Å². The summed E-state index contributed by atoms with van der Waals surface area (Å²) in [7, 11) is 0. The zero-order chi connectivity index (χ0) is 14.5. The van der Waals surface area contributed by atoms with Crippen LogP contribution in [0, 0.1) is 5.92 Å². The molecular weight excluding hydrogens is 274 g/mol. The third-order valence-electron chi connectivity index (χ3n) is 4.88. The zero-order valence-electron chi connectivity index (χ0n) is 13.1. The number of hydrogen-bond donors (Lipinski definition) is 1. The van der Waals surface area contributed by atoms with Crippen molar-refractivity contribution in [3.63, 3.8) is 0 Å². The van der Waals surface area contributed by atoms with Gasteiger partial charge in [0.05, 0.1) is 0 Å². The van der Waals surface area contributed by atoms with Gasteiger partial charge in [-0.25, -0.2) is 0 Å². The van der Waals surface area contributed by atoms with E-state index in [-0.39, 0.29) is 0 Å². The minimum absolute atomic E-state index is 0.528. The number of hydrogen-bond acceptors (Lipinski definition) is 2. The van der Waals surface area contributed by atoms with E-state index < -0.39 is 0 Å². The van der Waals surface area contributed by atoms with Crippen LogP contribution in [-0.2, 0) is 0 Å². The van der Waals surface area contributed by atoms with Gasteiger partial charge >= 0.3 is 0 Å². The summed E-state index contributed by atoms with van der Waals surface area (Å²) in [6.07, 6.45) is 9.95. The second-order valence-corrected chi connectivity index (χ2v) is 7.31. The van der Waals surface area contributed by atoms with Crippen LogP contribution in [0.4, 0.5) is 0 Å². The first-order chi connectivity index (χ1) is 10.4. The van der Waals surface area contributed by atoms with Gasteiger partial charge in [-0.1, -0.05) is 63.6 Å². The molecule has 0 aliphatic heterocycles. The molecule has 1 saturated carbocycles. The summed E-state index contributed by atoms with van der Waals surface area (Å²) in [5.74, 6) is 0.909. The minimum atomic E-state index is 0.528. The monoisotopic (exact) mass is 301 g/mol. The van der Waals surface area contributed by atoms with Crippen LogP contribution in [-0.4, -0.2) is 6.54 Å². The SMILES string of the molecule is CCNC(CC1CCCCCC1)c1cccc2ccsc12. The second-order valence-electron chi connectivity index (χ2n) is 6.39. The van der Waals surface area contributed by atoms with Crippen LogP contribution in [0.15, 0.2) is 29.6 Å². The molecule has 1 aliphatic rings. The first-order valence-electron chi connectivity index (χ1n) is 8.58. The molecule has 2 aromatic rings. The standard InChI is InChI=1S/C19H27NS/c1-2-20-18(14-15-8-5-3-4-6-9-15)17-11-7-10-16-12-13-21-19(16)17/h7,10-13,15,18,20H,2-6,8-9,14H2,1H3. The maximum Gasteiger partial charge on any atom is 0.0390 e. The Balaban J connectivity index is 1.81. The summed E-state index contributed by atoms with van der Waals surface area (Å²) in [6.45, 7) is 3.29. The lowest BCUT2D eigenvalue weighted by Gasteiger charge is -2.24. The van der Waals surface area contributed by atoms with E-state index in [9.17, 15) is 0 Å². The Morgan fingerprint density at radius 3 is 2.71 bits per heavy atom. The summed E-state index contributed by atoms with van der Waals surface area (Å²) in [5, 5.41) is 7.38. The van der Waals surface area contributed by atoms with Crippen molar-refractivity contribution < 1.29 is 0 Å². The fourth-order valence-electron chi connectivity index (χ4n) is 3.79. The van der Waals surface area contributed by atoms with Gasteiger partial charge in [0.25, 0.3) is 0 Å². The molecule has 1 N–H and O–H groups in total. The molecule has 1 aromatic carbocycles. The summed E-state index contributed by atoms with van der Waals surface area (Å²) < 4.78 is 1.48. The normalized spacial score (nSPS) is 18.7. The molecule has 0 spiro atoms. The summed E-state index contributed by atoms with van der Waals surface area (Å²) in [5.41, 5.74) is 1.52. The Bertz CT molecular complexity index is 551. The lowest BCUT2D eigenvalue weighted by atomic mass is 9.89. The van der Waals surface area contributed by atoms with Gasteiger partial charge in [-0.3, -0.25) is 0 Å². The molecule has 1 fully saturated rings. The predicted molar refractivity (Wildman–Crippen MR) is 94.1 cm³/mol. The molecule has 1 unspecified atom stereocenters. The molecule has 1 atom stereocenters. The van der Waals surface area contributed by atoms with E-state index in [2.05, 4.69) is 41.9 Å². The number of fused-ring (bicyclic) bond motifs is 1. The molecule has 1 heterocycles. The van der Waals surface area contributed by atoms with Crippen LogP contribution >= 0.6 is 11.3 Å². The van der Waals surface area contributed by atoms with Crippen molar-refractivity contribution in [2.75, 3.05) is 6.54 Å². The summed E-state index contributed by atoms with van der Waals surface area (Å²) >= 11 is 1.89. The van der Waals surface area contributed by atoms with Gasteiger partial charge < -0.3 is 5.32 Å². The highest BCUT2D eigenvalue weighted by atomic mass is 32.1. The van der Waals surface area contributed by atoms with Crippen molar-refractivity contribution in [3.8, 4) is 0 Å². The molecule has 114 valence electrons. The number of thiophene rings is 1. The Hall–Kier alpha value is -0.860. The molecule has 0 radical (unpaired) electrons. The van der Waals surface area contributed by atoms with Crippen molar-refractivity contribution in [3.05, 3.63) is 35.2 Å². The van der Waals surface area contributed by atoms with Crippen molar-refractivity contribution >= 4 is 21.4 Å². The molecule has 1 aliphatic carbocycles. The van der Waals surface area contributed by atoms with Gasteiger partial charge in [0.1, 0.15) is 0 Å². The van der Waals surface area contributed by atoms with Crippen molar-refractivity contribution in [1.82, 2.24) is 5.32 Å². The van der Waals surface area contributed by atoms with E-state index in [0.717, 1.165) is 12.5 Å². The highest BCUT2D eigenvalue weighted by Gasteiger charge is 2.20. The van der Waals surface area contributed by atoms with E-state index in [4.69, 9.17) is 0 Å². The van der Waals surface area contributed by atoms with Crippen molar-refractivity contribution in [2.24, 2.45) is 5.92 Å². The smallest absolute Gasteiger partial charge is 0.0390 e. The molecule has 2 heteroatoms. The van der Waals surface area contributed by atoms with Gasteiger partial charge in [0, 0.05) is 10.7 Å². The van der Waals surface area contributed by atoms with Crippen LogP contribution in [0.3, 0.4) is 0 Å². The van der Waals surface area contributed by atoms with E-state index in [0.29, 0.717) is 6.04 Å². The average molecular weight is 301 g/mol. The van der Waals surface area contributed by atoms with Gasteiger partial charge in [-0.05, 0) is 41.3 Å². The Kier molecular flexibility index (Phi) is 5.32. The average Bonchev–Trinajstić information content (AvgIpc) is 2.84. The van der Waals surface area contributed by atoms with Gasteiger partial charge in [-0.15, -0.1) is 11.3 Å². The van der Waals surface area contributed by atoms with E-state index in [1.54, 1.807) is 0 Å². The summed E-state index contributed by atoms with van der Waals surface area (Å²) in [6, 6.07) is 9.58. The molecule has 0 amide bonds. The fraction of sp³-hybridized carbons (Fsp3) is 0.579. The molecule has 21 heavy (non-hydrogen) atoms. The van der Waals surface area contributed by atoms with Crippen LogP contribution in [0.25, 0.3) is 10.1 Å². The van der Waals surface area contributed by atoms with E-state index in [1.165, 1.54) is 60.6 Å². The fourth-order valence-corrected chi connectivity index (χ4v) is 4.76. The molecule has 3 rings (SSSR count). The third-order valence-corrected chi connectivity index (χ3v) is 5.86. The lowest BCUT2D eigenvalue weighted by molar-refractivity contribution is 0.361. The topological polar surface area (TPSA) is 12.0 Å². The maximum absolute atomic E-state index is 3.76. The predicted octanol–water partition coefficient (Wildman–Crippen LogP) is 5.91. The van der Waals surface area contributed by atoms with Crippen molar-refractivity contribution in [2.45, 2.75) is 57.9 Å². The molecule has 1 aromatic heterocycles. The Labute approximate surface area is 132 Å². The van der Waals surface area contributed by atoms with Crippen molar-refractivity contribution in [1.29, 1.82) is 0 Å². The molecule has 1 nitrogen and oxygen atoms in total. The van der Waals surface area contributed by atoms with Crippen LogP contribution in [0.2, 0.25) is 0 Å². The lowest BCUT2D eigenvalue weighted by Crippen LogP contribution is -2.23. The first-order valence-corrected chi connectivity index (χ1v) is 9.46. The van der Waals surface area contributed by atoms with Crippen LogP contribution in [0.5, 0.6) is 0 Å². The van der Waals surface area contributed by atoms with E-state index >= 15 is 0 Å². The molecular formula is C19H27NS.